The highest BCUT2D eigenvalue weighted by Crippen LogP contribution is 2.26. The number of H-pyrrole nitrogens is 1. The lowest BCUT2D eigenvalue weighted by molar-refractivity contribution is -0.349. The highest BCUT2D eigenvalue weighted by molar-refractivity contribution is 6.07. The predicted octanol–water partition coefficient (Wildman–Crippen LogP) is -0.321. The third kappa shape index (κ3) is 2.29. The molecular weight excluding hydrogens is 318 g/mol. The largest absolute Gasteiger partial charge is 1.00 e. The van der Waals surface area contributed by atoms with Crippen molar-refractivity contribution in [2.75, 3.05) is 0 Å². The van der Waals surface area contributed by atoms with Crippen molar-refractivity contribution >= 4 is 28.0 Å². The van der Waals surface area contributed by atoms with Gasteiger partial charge in [-0.2, -0.15) is 0 Å². The Balaban J connectivity index is 0.00000146. The van der Waals surface area contributed by atoms with Gasteiger partial charge >= 0.3 is 0 Å². The second-order valence-electron chi connectivity index (χ2n) is 6.12. The molecule has 0 aliphatic carbocycles. The van der Waals surface area contributed by atoms with E-state index in [1.807, 2.05) is 0 Å². The van der Waals surface area contributed by atoms with Gasteiger partial charge in [-0.1, -0.05) is 36.4 Å². The molecule has 0 spiro atoms. The summed E-state index contributed by atoms with van der Waals surface area (Å²) in [4.78, 5) is 10.1. The third-order valence-corrected chi connectivity index (χ3v) is 4.60. The molecule has 1 aromatic heterocycles. The fourth-order valence-electron chi connectivity index (χ4n) is 3.60. The summed E-state index contributed by atoms with van der Waals surface area (Å²) >= 11 is 0. The van der Waals surface area contributed by atoms with Crippen molar-refractivity contribution in [3.8, 4) is 0 Å². The van der Waals surface area contributed by atoms with E-state index in [0.29, 0.717) is 0 Å². The first-order chi connectivity index (χ1) is 11.4. The zero-order valence-corrected chi connectivity index (χ0v) is 13.8. The number of aromatic amines is 1. The standard InChI is InChI=1S/C20H15N3.ClH/c1-2-4-14(5-3-1)10-23-11-15-6-8-17-20-18(22-13-21-17)9-7-16(12-23)19(15)20;/h1-9,11,13H,10,12H2;1H. The number of benzene rings is 3. The molecule has 1 aliphatic rings. The van der Waals surface area contributed by atoms with Crippen LogP contribution >= 0.6 is 0 Å². The van der Waals surface area contributed by atoms with Gasteiger partial charge in [-0.15, -0.1) is 0 Å². The van der Waals surface area contributed by atoms with Crippen LogP contribution in [0.5, 0.6) is 0 Å². The van der Waals surface area contributed by atoms with Crippen molar-refractivity contribution in [3.05, 3.63) is 77.3 Å². The molecule has 0 saturated carbocycles. The van der Waals surface area contributed by atoms with E-state index in [2.05, 4.69) is 75.7 Å². The highest BCUT2D eigenvalue weighted by Gasteiger charge is 2.18. The van der Waals surface area contributed by atoms with E-state index >= 15 is 0 Å². The van der Waals surface area contributed by atoms with E-state index in [4.69, 9.17) is 0 Å². The number of aromatic nitrogens is 2. The molecule has 0 atom stereocenters. The minimum atomic E-state index is 0. The zero-order valence-electron chi connectivity index (χ0n) is 13.0. The van der Waals surface area contributed by atoms with Gasteiger partial charge in [-0.05, 0) is 39.5 Å². The SMILES string of the molecule is C1=c2ccc3nc[nH+]c4ccc(c2c34)CN1Cc1ccccc1.[Cl-]. The number of hydrogen-bond acceptors (Lipinski definition) is 2. The Morgan fingerprint density at radius 1 is 0.958 bits per heavy atom. The Labute approximate surface area is 146 Å². The molecule has 4 heteroatoms. The Hall–Kier alpha value is -2.65. The van der Waals surface area contributed by atoms with Crippen LogP contribution in [0.2, 0.25) is 0 Å². The van der Waals surface area contributed by atoms with Crippen LogP contribution < -0.4 is 22.6 Å². The van der Waals surface area contributed by atoms with Crippen molar-refractivity contribution in [1.82, 2.24) is 9.88 Å². The molecule has 2 heterocycles. The van der Waals surface area contributed by atoms with E-state index in [1.54, 1.807) is 6.33 Å². The second kappa shape index (κ2) is 5.77. The summed E-state index contributed by atoms with van der Waals surface area (Å²) in [6, 6.07) is 19.3. The summed E-state index contributed by atoms with van der Waals surface area (Å²) in [5.41, 5.74) is 4.92. The molecule has 0 amide bonds. The Morgan fingerprint density at radius 3 is 2.71 bits per heavy atom. The minimum absolute atomic E-state index is 0. The first-order valence-corrected chi connectivity index (χ1v) is 7.89. The zero-order chi connectivity index (χ0) is 15.2. The van der Waals surface area contributed by atoms with Crippen LogP contribution in [0.4, 0.5) is 0 Å². The molecule has 1 aliphatic heterocycles. The average molecular weight is 334 g/mol. The average Bonchev–Trinajstić information content (AvgIpc) is 2.60. The predicted molar refractivity (Wildman–Crippen MR) is 91.2 cm³/mol. The molecule has 118 valence electrons. The van der Waals surface area contributed by atoms with Crippen molar-refractivity contribution in [1.29, 1.82) is 0 Å². The summed E-state index contributed by atoms with van der Waals surface area (Å²) in [6.07, 6.45) is 4.05. The van der Waals surface area contributed by atoms with Crippen LogP contribution in [0, 0.1) is 0 Å². The Kier molecular flexibility index (Phi) is 3.58. The number of nitrogens with zero attached hydrogens (tertiary/aromatic N) is 2. The van der Waals surface area contributed by atoms with E-state index < -0.39 is 0 Å². The molecule has 0 radical (unpaired) electrons. The molecule has 5 rings (SSSR count). The number of rotatable bonds is 2. The van der Waals surface area contributed by atoms with Crippen molar-refractivity contribution in [2.45, 2.75) is 13.1 Å². The van der Waals surface area contributed by atoms with E-state index in [0.717, 1.165) is 24.1 Å². The van der Waals surface area contributed by atoms with Crippen molar-refractivity contribution in [2.24, 2.45) is 0 Å². The molecule has 24 heavy (non-hydrogen) atoms. The fourth-order valence-corrected chi connectivity index (χ4v) is 3.60. The van der Waals surface area contributed by atoms with E-state index in [1.165, 1.54) is 27.1 Å². The molecule has 0 unspecified atom stereocenters. The molecule has 1 N–H and O–H groups in total. The van der Waals surface area contributed by atoms with Crippen LogP contribution in [0.25, 0.3) is 28.0 Å². The number of nitrogens with one attached hydrogen (secondary N) is 1. The van der Waals surface area contributed by atoms with Crippen LogP contribution in [-0.2, 0) is 13.1 Å². The summed E-state index contributed by atoms with van der Waals surface area (Å²) in [5.74, 6) is 0. The highest BCUT2D eigenvalue weighted by atomic mass is 35.5. The topological polar surface area (TPSA) is 30.3 Å². The minimum Gasteiger partial charge on any atom is -1.00 e. The maximum absolute atomic E-state index is 4.47. The number of hydrogen-bond donors (Lipinski definition) is 0. The van der Waals surface area contributed by atoms with Gasteiger partial charge in [0.15, 0.2) is 5.52 Å². The molecular formula is C20H16ClN3. The van der Waals surface area contributed by atoms with E-state index in [9.17, 15) is 0 Å². The normalized spacial score (nSPS) is 12.9. The molecule has 4 aromatic rings. The van der Waals surface area contributed by atoms with Gasteiger partial charge in [0.05, 0.1) is 5.39 Å². The second-order valence-corrected chi connectivity index (χ2v) is 6.12. The fraction of sp³-hybridized carbons (Fsp3) is 0.100. The first kappa shape index (κ1) is 14.9. The van der Waals surface area contributed by atoms with E-state index in [-0.39, 0.29) is 12.4 Å². The van der Waals surface area contributed by atoms with Gasteiger partial charge in [-0.3, -0.25) is 0 Å². The summed E-state index contributed by atoms with van der Waals surface area (Å²) in [7, 11) is 0. The van der Waals surface area contributed by atoms with Gasteiger partial charge in [0, 0.05) is 24.7 Å². The van der Waals surface area contributed by atoms with Gasteiger partial charge in [0.1, 0.15) is 5.52 Å². The van der Waals surface area contributed by atoms with Gasteiger partial charge in [0.25, 0.3) is 6.33 Å². The van der Waals surface area contributed by atoms with Gasteiger partial charge in [-0.25, -0.2) is 4.98 Å². The molecule has 3 nitrogen and oxygen atoms in total. The van der Waals surface area contributed by atoms with Crippen LogP contribution in [0.3, 0.4) is 0 Å². The summed E-state index contributed by atoms with van der Waals surface area (Å²) in [5, 5.41) is 3.87. The maximum atomic E-state index is 4.47. The van der Waals surface area contributed by atoms with Crippen LogP contribution in [-0.4, -0.2) is 9.88 Å². The lowest BCUT2D eigenvalue weighted by Gasteiger charge is -2.25. The van der Waals surface area contributed by atoms with Gasteiger partial charge in [0.2, 0.25) is 0 Å². The number of halogens is 1. The Bertz CT molecular complexity index is 1060. The molecule has 0 fully saturated rings. The molecule has 0 saturated heterocycles. The Morgan fingerprint density at radius 2 is 1.83 bits per heavy atom. The van der Waals surface area contributed by atoms with Crippen molar-refractivity contribution in [3.63, 3.8) is 0 Å². The summed E-state index contributed by atoms with van der Waals surface area (Å²) in [6.45, 7) is 1.87. The lowest BCUT2D eigenvalue weighted by atomic mass is 9.97. The van der Waals surface area contributed by atoms with Crippen LogP contribution in [0.15, 0.2) is 60.9 Å². The first-order valence-electron chi connectivity index (χ1n) is 7.89. The van der Waals surface area contributed by atoms with Gasteiger partial charge < -0.3 is 17.3 Å². The molecule has 0 bridgehead atoms. The van der Waals surface area contributed by atoms with Crippen molar-refractivity contribution < 1.29 is 17.4 Å². The van der Waals surface area contributed by atoms with Crippen LogP contribution in [0.1, 0.15) is 11.1 Å². The molecule has 3 aromatic carbocycles. The third-order valence-electron chi connectivity index (χ3n) is 4.60. The quantitative estimate of drug-likeness (QED) is 0.503. The lowest BCUT2D eigenvalue weighted by Crippen LogP contribution is -3.00. The maximum Gasteiger partial charge on any atom is 0.285 e. The smallest absolute Gasteiger partial charge is 0.285 e. The monoisotopic (exact) mass is 333 g/mol. The summed E-state index contributed by atoms with van der Waals surface area (Å²) < 4.78 is 0.